The van der Waals surface area contributed by atoms with Gasteiger partial charge in [0.25, 0.3) is 10.0 Å². The molecule has 0 amide bonds. The van der Waals surface area contributed by atoms with Crippen LogP contribution in [0.5, 0.6) is 5.75 Å². The molecule has 1 aliphatic rings. The van der Waals surface area contributed by atoms with Gasteiger partial charge >= 0.3 is 0 Å². The van der Waals surface area contributed by atoms with Crippen molar-refractivity contribution >= 4 is 16.0 Å². The maximum Gasteiger partial charge on any atom is 0.264 e. The maximum absolute atomic E-state index is 12.3. The van der Waals surface area contributed by atoms with Crippen LogP contribution in [-0.2, 0) is 16.6 Å². The van der Waals surface area contributed by atoms with Crippen molar-refractivity contribution in [1.29, 1.82) is 0 Å². The number of hydrogen-bond acceptors (Lipinski definition) is 6. The number of ether oxygens (including phenoxy) is 1. The molecule has 3 rings (SSSR count). The Balaban J connectivity index is 1.58. The Morgan fingerprint density at radius 3 is 2.48 bits per heavy atom. The molecular weight excluding hydrogens is 340 g/mol. The smallest absolute Gasteiger partial charge is 0.264 e. The van der Waals surface area contributed by atoms with Gasteiger partial charge in [0, 0.05) is 6.54 Å². The molecule has 0 spiro atoms. The minimum atomic E-state index is -3.62. The van der Waals surface area contributed by atoms with Crippen molar-refractivity contribution in [3.05, 3.63) is 60.2 Å². The van der Waals surface area contributed by atoms with E-state index in [1.807, 2.05) is 24.3 Å². The molecule has 8 heteroatoms. The van der Waals surface area contributed by atoms with Crippen LogP contribution in [0.25, 0.3) is 0 Å². The summed E-state index contributed by atoms with van der Waals surface area (Å²) in [5.41, 5.74) is 1.13. The largest absolute Gasteiger partial charge is 0.497 e. The average molecular weight is 360 g/mol. The molecule has 25 heavy (non-hydrogen) atoms. The number of rotatable bonds is 5. The molecule has 0 aliphatic carbocycles. The summed E-state index contributed by atoms with van der Waals surface area (Å²) in [4.78, 5) is 6.53. The van der Waals surface area contributed by atoms with Crippen molar-refractivity contribution in [2.75, 3.05) is 20.4 Å². The van der Waals surface area contributed by atoms with Crippen molar-refractivity contribution in [2.24, 2.45) is 4.99 Å². The summed E-state index contributed by atoms with van der Waals surface area (Å²) < 4.78 is 32.2. The molecule has 132 valence electrons. The molecule has 0 fully saturated rings. The van der Waals surface area contributed by atoms with Gasteiger partial charge in [0.2, 0.25) is 5.96 Å². The Labute approximate surface area is 147 Å². The minimum absolute atomic E-state index is 0.208. The van der Waals surface area contributed by atoms with Crippen LogP contribution in [-0.4, -0.2) is 39.7 Å². The van der Waals surface area contributed by atoms with E-state index in [2.05, 4.69) is 19.9 Å². The maximum atomic E-state index is 12.3. The summed E-state index contributed by atoms with van der Waals surface area (Å²) in [6.45, 7) is 1.62. The summed E-state index contributed by atoms with van der Waals surface area (Å²) >= 11 is 0. The fourth-order valence-electron chi connectivity index (χ4n) is 2.41. The average Bonchev–Trinajstić information content (AvgIpc) is 2.64. The number of nitrogens with one attached hydrogen (secondary N) is 2. The number of methoxy groups -OCH3 is 1. The second-order valence-electron chi connectivity index (χ2n) is 5.58. The number of benzene rings is 2. The molecule has 2 aromatic carbocycles. The van der Waals surface area contributed by atoms with Gasteiger partial charge in [-0.2, -0.15) is 0 Å². The highest BCUT2D eigenvalue weighted by Crippen LogP contribution is 2.13. The van der Waals surface area contributed by atoms with Gasteiger partial charge in [0.1, 0.15) is 5.75 Å². The first kappa shape index (κ1) is 17.2. The highest BCUT2D eigenvalue weighted by molar-refractivity contribution is 7.90. The van der Waals surface area contributed by atoms with Crippen LogP contribution in [0.4, 0.5) is 0 Å². The number of hydrogen-bond donors (Lipinski definition) is 2. The molecule has 0 saturated carbocycles. The lowest BCUT2D eigenvalue weighted by Crippen LogP contribution is -2.49. The molecular formula is C17H20N4O3S. The summed E-state index contributed by atoms with van der Waals surface area (Å²) in [5.74, 6) is 1.07. The lowest BCUT2D eigenvalue weighted by atomic mass is 10.2. The zero-order chi connectivity index (χ0) is 17.7. The van der Waals surface area contributed by atoms with E-state index in [-0.39, 0.29) is 10.9 Å². The van der Waals surface area contributed by atoms with Crippen LogP contribution < -0.4 is 14.8 Å². The van der Waals surface area contributed by atoms with Gasteiger partial charge in [0.05, 0.1) is 25.3 Å². The predicted octanol–water partition coefficient (Wildman–Crippen LogP) is 1.35. The van der Waals surface area contributed by atoms with E-state index in [4.69, 9.17) is 4.74 Å². The molecule has 1 aliphatic heterocycles. The lowest BCUT2D eigenvalue weighted by molar-refractivity contribution is 0.255. The molecule has 0 atom stereocenters. The topological polar surface area (TPSA) is 83.0 Å². The zero-order valence-electron chi connectivity index (χ0n) is 13.8. The molecule has 1 heterocycles. The monoisotopic (exact) mass is 360 g/mol. The van der Waals surface area contributed by atoms with Crippen molar-refractivity contribution in [3.63, 3.8) is 0 Å². The van der Waals surface area contributed by atoms with E-state index in [0.717, 1.165) is 11.3 Å². The van der Waals surface area contributed by atoms with Gasteiger partial charge in [-0.25, -0.2) is 18.1 Å². The first-order valence-electron chi connectivity index (χ1n) is 7.78. The third-order valence-corrected chi connectivity index (χ3v) is 5.10. The first-order valence-corrected chi connectivity index (χ1v) is 9.26. The van der Waals surface area contributed by atoms with Crippen molar-refractivity contribution in [2.45, 2.75) is 11.4 Å². The summed E-state index contributed by atoms with van der Waals surface area (Å²) in [6.07, 6.45) is 0. The molecule has 0 bridgehead atoms. The van der Waals surface area contributed by atoms with Crippen LogP contribution >= 0.6 is 0 Å². The summed E-state index contributed by atoms with van der Waals surface area (Å²) in [5, 5.41) is 3.00. The van der Waals surface area contributed by atoms with Gasteiger partial charge in [-0.15, -0.1) is 0 Å². The van der Waals surface area contributed by atoms with Crippen LogP contribution in [0, 0.1) is 0 Å². The van der Waals surface area contributed by atoms with E-state index in [1.165, 1.54) is 0 Å². The predicted molar refractivity (Wildman–Crippen MR) is 95.6 cm³/mol. The zero-order valence-corrected chi connectivity index (χ0v) is 14.7. The van der Waals surface area contributed by atoms with Gasteiger partial charge in [-0.1, -0.05) is 30.3 Å². The highest BCUT2D eigenvalue weighted by Gasteiger charge is 2.19. The van der Waals surface area contributed by atoms with E-state index < -0.39 is 10.0 Å². The fourth-order valence-corrected chi connectivity index (χ4v) is 3.44. The summed E-state index contributed by atoms with van der Waals surface area (Å²) in [6, 6.07) is 16.0. The lowest BCUT2D eigenvalue weighted by Gasteiger charge is -2.27. The van der Waals surface area contributed by atoms with Crippen LogP contribution in [0.15, 0.2) is 64.5 Å². The van der Waals surface area contributed by atoms with Crippen molar-refractivity contribution < 1.29 is 13.2 Å². The van der Waals surface area contributed by atoms with E-state index in [9.17, 15) is 8.42 Å². The van der Waals surface area contributed by atoms with E-state index >= 15 is 0 Å². The fraction of sp³-hybridized carbons (Fsp3) is 0.235. The quantitative estimate of drug-likeness (QED) is 0.841. The van der Waals surface area contributed by atoms with Crippen LogP contribution in [0.3, 0.4) is 0 Å². The third-order valence-electron chi connectivity index (χ3n) is 3.75. The number of aliphatic imine (C=N–C) groups is 1. The molecule has 0 radical (unpaired) electrons. The number of nitrogens with zero attached hydrogens (tertiary/aromatic N) is 2. The summed E-state index contributed by atoms with van der Waals surface area (Å²) in [7, 11) is -1.98. The molecule has 7 nitrogen and oxygen atoms in total. The van der Waals surface area contributed by atoms with Crippen LogP contribution in [0.1, 0.15) is 5.56 Å². The van der Waals surface area contributed by atoms with Gasteiger partial charge in [0.15, 0.2) is 0 Å². The van der Waals surface area contributed by atoms with Crippen molar-refractivity contribution in [1.82, 2.24) is 14.9 Å². The van der Waals surface area contributed by atoms with E-state index in [0.29, 0.717) is 19.9 Å². The second kappa shape index (κ2) is 7.54. The van der Waals surface area contributed by atoms with E-state index in [1.54, 1.807) is 37.4 Å². The first-order chi connectivity index (χ1) is 12.1. The standard InChI is InChI=1S/C17H20N4O3S/c1-24-15-9-7-14(8-10-15)11-21-12-18-17(19-13-21)20-25(22,23)16-5-3-2-4-6-16/h2-10H,11-13H2,1H3,(H2,18,19,20). The molecule has 0 aromatic heterocycles. The normalized spacial score (nSPS) is 15.2. The third kappa shape index (κ3) is 4.49. The molecule has 2 aromatic rings. The number of guanidine groups is 1. The molecule has 2 N–H and O–H groups in total. The Morgan fingerprint density at radius 1 is 1.16 bits per heavy atom. The molecule has 0 saturated heterocycles. The highest BCUT2D eigenvalue weighted by atomic mass is 32.2. The SMILES string of the molecule is COc1ccc(CN2CN=C(NS(=O)(=O)c3ccccc3)NC2)cc1. The van der Waals surface area contributed by atoms with Gasteiger partial charge in [-0.05, 0) is 29.8 Å². The van der Waals surface area contributed by atoms with Gasteiger partial charge in [-0.3, -0.25) is 4.90 Å². The van der Waals surface area contributed by atoms with Crippen molar-refractivity contribution in [3.8, 4) is 5.75 Å². The Bertz CT molecular complexity index is 836. The molecule has 0 unspecified atom stereocenters. The Morgan fingerprint density at radius 2 is 1.88 bits per heavy atom. The second-order valence-corrected chi connectivity index (χ2v) is 7.26. The Kier molecular flexibility index (Phi) is 5.20. The Hall–Kier alpha value is -2.58. The van der Waals surface area contributed by atoms with Gasteiger partial charge < -0.3 is 10.1 Å². The minimum Gasteiger partial charge on any atom is -0.497 e. The number of sulfonamides is 1. The van der Waals surface area contributed by atoms with Crippen LogP contribution in [0.2, 0.25) is 0 Å².